The van der Waals surface area contributed by atoms with Crippen LogP contribution in [-0.4, -0.2) is 29.0 Å². The second-order valence-corrected chi connectivity index (χ2v) is 4.22. The third-order valence-corrected chi connectivity index (χ3v) is 2.44. The average Bonchev–Trinajstić information content (AvgIpc) is 2.61. The van der Waals surface area contributed by atoms with Gasteiger partial charge in [0.2, 0.25) is 0 Å². The van der Waals surface area contributed by atoms with E-state index in [-0.39, 0.29) is 13.2 Å². The quantitative estimate of drug-likeness (QED) is 0.738. The molecule has 5 heteroatoms. The molecule has 0 aliphatic heterocycles. The van der Waals surface area contributed by atoms with Crippen molar-refractivity contribution in [1.82, 2.24) is 5.32 Å². The third-order valence-electron chi connectivity index (χ3n) is 2.02. The predicted octanol–water partition coefficient (Wildman–Crippen LogP) is 0.875. The molecule has 0 fully saturated rings. The van der Waals surface area contributed by atoms with Crippen LogP contribution in [0.4, 0.5) is 0 Å². The lowest BCUT2D eigenvalue weighted by Crippen LogP contribution is -2.48. The SMILES string of the molecule is CC(CO)(CO)NCc1ccc(Br)o1. The molecule has 0 radical (unpaired) electrons. The Morgan fingerprint density at radius 1 is 1.43 bits per heavy atom. The summed E-state index contributed by atoms with van der Waals surface area (Å²) in [4.78, 5) is 0. The summed E-state index contributed by atoms with van der Waals surface area (Å²) < 4.78 is 5.93. The van der Waals surface area contributed by atoms with Gasteiger partial charge in [0.15, 0.2) is 4.67 Å². The van der Waals surface area contributed by atoms with Gasteiger partial charge < -0.3 is 19.9 Å². The van der Waals surface area contributed by atoms with Crippen LogP contribution in [0.25, 0.3) is 0 Å². The van der Waals surface area contributed by atoms with Gasteiger partial charge in [0, 0.05) is 0 Å². The van der Waals surface area contributed by atoms with Gasteiger partial charge in [-0.25, -0.2) is 0 Å². The largest absolute Gasteiger partial charge is 0.453 e. The lowest BCUT2D eigenvalue weighted by atomic mass is 10.1. The molecule has 0 saturated carbocycles. The van der Waals surface area contributed by atoms with E-state index in [0.717, 1.165) is 5.76 Å². The Bertz CT molecular complexity index is 283. The van der Waals surface area contributed by atoms with Crippen LogP contribution in [0, 0.1) is 0 Å². The van der Waals surface area contributed by atoms with Crippen LogP contribution in [0.2, 0.25) is 0 Å². The molecular formula is C9H14BrNO3. The fraction of sp³-hybridized carbons (Fsp3) is 0.556. The molecule has 1 rings (SSSR count). The van der Waals surface area contributed by atoms with Crippen molar-refractivity contribution in [3.63, 3.8) is 0 Å². The summed E-state index contributed by atoms with van der Waals surface area (Å²) in [5.74, 6) is 0.755. The van der Waals surface area contributed by atoms with Gasteiger partial charge in [-0.05, 0) is 35.0 Å². The molecule has 0 amide bonds. The first-order chi connectivity index (χ1) is 6.59. The van der Waals surface area contributed by atoms with Crippen molar-refractivity contribution in [2.24, 2.45) is 0 Å². The Kier molecular flexibility index (Phi) is 4.12. The second kappa shape index (κ2) is 4.93. The molecule has 0 atom stereocenters. The summed E-state index contributed by atoms with van der Waals surface area (Å²) in [6.45, 7) is 1.98. The van der Waals surface area contributed by atoms with E-state index in [2.05, 4.69) is 21.2 Å². The fourth-order valence-corrected chi connectivity index (χ4v) is 1.25. The van der Waals surface area contributed by atoms with E-state index in [1.165, 1.54) is 0 Å². The van der Waals surface area contributed by atoms with Crippen LogP contribution in [0.1, 0.15) is 12.7 Å². The Hall–Kier alpha value is -0.360. The highest BCUT2D eigenvalue weighted by atomic mass is 79.9. The average molecular weight is 264 g/mol. The molecule has 0 aliphatic rings. The number of hydrogen-bond acceptors (Lipinski definition) is 4. The molecule has 3 N–H and O–H groups in total. The van der Waals surface area contributed by atoms with Crippen molar-refractivity contribution in [1.29, 1.82) is 0 Å². The van der Waals surface area contributed by atoms with Gasteiger partial charge in [-0.2, -0.15) is 0 Å². The molecule has 0 aliphatic carbocycles. The number of aliphatic hydroxyl groups excluding tert-OH is 2. The molecule has 14 heavy (non-hydrogen) atoms. The summed E-state index contributed by atoms with van der Waals surface area (Å²) in [6.07, 6.45) is 0. The first-order valence-electron chi connectivity index (χ1n) is 4.30. The van der Waals surface area contributed by atoms with Gasteiger partial charge in [0.1, 0.15) is 5.76 Å². The molecule has 0 spiro atoms. The Morgan fingerprint density at radius 2 is 2.07 bits per heavy atom. The maximum absolute atomic E-state index is 9.01. The van der Waals surface area contributed by atoms with Crippen LogP contribution >= 0.6 is 15.9 Å². The van der Waals surface area contributed by atoms with E-state index in [0.29, 0.717) is 11.2 Å². The van der Waals surface area contributed by atoms with Crippen molar-refractivity contribution in [3.8, 4) is 0 Å². The first kappa shape index (κ1) is 11.7. The minimum atomic E-state index is -0.667. The molecule has 1 aromatic heterocycles. The van der Waals surface area contributed by atoms with Gasteiger partial charge in [-0.3, -0.25) is 0 Å². The van der Waals surface area contributed by atoms with Crippen molar-refractivity contribution < 1.29 is 14.6 Å². The minimum absolute atomic E-state index is 0.120. The Balaban J connectivity index is 2.47. The molecule has 80 valence electrons. The number of nitrogens with one attached hydrogen (secondary N) is 1. The number of aliphatic hydroxyl groups is 2. The van der Waals surface area contributed by atoms with E-state index < -0.39 is 5.54 Å². The number of rotatable bonds is 5. The fourth-order valence-electron chi connectivity index (χ4n) is 0.909. The second-order valence-electron chi connectivity index (χ2n) is 3.44. The Labute approximate surface area is 91.1 Å². The zero-order valence-electron chi connectivity index (χ0n) is 7.96. The summed E-state index contributed by atoms with van der Waals surface area (Å²) in [7, 11) is 0. The number of furan rings is 1. The van der Waals surface area contributed by atoms with E-state index >= 15 is 0 Å². The maximum atomic E-state index is 9.01. The highest BCUT2D eigenvalue weighted by molar-refractivity contribution is 9.10. The molecule has 0 bridgehead atoms. The van der Waals surface area contributed by atoms with Crippen LogP contribution in [-0.2, 0) is 6.54 Å². The zero-order valence-corrected chi connectivity index (χ0v) is 9.54. The van der Waals surface area contributed by atoms with Crippen LogP contribution < -0.4 is 5.32 Å². The predicted molar refractivity (Wildman–Crippen MR) is 55.8 cm³/mol. The van der Waals surface area contributed by atoms with Crippen molar-refractivity contribution >= 4 is 15.9 Å². The highest BCUT2D eigenvalue weighted by Gasteiger charge is 2.21. The smallest absolute Gasteiger partial charge is 0.169 e. The standard InChI is InChI=1S/C9H14BrNO3/c1-9(5-12,6-13)11-4-7-2-3-8(10)14-7/h2-3,11-13H,4-6H2,1H3. The van der Waals surface area contributed by atoms with Crippen molar-refractivity contribution in [2.75, 3.05) is 13.2 Å². The highest BCUT2D eigenvalue weighted by Crippen LogP contribution is 2.14. The summed E-state index contributed by atoms with van der Waals surface area (Å²) in [5.41, 5.74) is -0.667. The summed E-state index contributed by atoms with van der Waals surface area (Å²) in [6, 6.07) is 3.62. The van der Waals surface area contributed by atoms with Gasteiger partial charge >= 0.3 is 0 Å². The van der Waals surface area contributed by atoms with E-state index in [1.54, 1.807) is 13.0 Å². The summed E-state index contributed by atoms with van der Waals surface area (Å²) >= 11 is 3.19. The molecule has 1 heterocycles. The number of halogens is 1. The lowest BCUT2D eigenvalue weighted by Gasteiger charge is -2.25. The van der Waals surface area contributed by atoms with Gasteiger partial charge in [-0.15, -0.1) is 0 Å². The minimum Gasteiger partial charge on any atom is -0.453 e. The summed E-state index contributed by atoms with van der Waals surface area (Å²) in [5, 5.41) is 21.0. The van der Waals surface area contributed by atoms with Crippen LogP contribution in [0.15, 0.2) is 21.2 Å². The Morgan fingerprint density at radius 3 is 2.50 bits per heavy atom. The zero-order chi connectivity index (χ0) is 10.6. The van der Waals surface area contributed by atoms with Crippen LogP contribution in [0.3, 0.4) is 0 Å². The molecule has 4 nitrogen and oxygen atoms in total. The normalized spacial score (nSPS) is 12.0. The molecular weight excluding hydrogens is 250 g/mol. The van der Waals surface area contributed by atoms with Gasteiger partial charge in [-0.1, -0.05) is 0 Å². The first-order valence-corrected chi connectivity index (χ1v) is 5.10. The van der Waals surface area contributed by atoms with Crippen molar-refractivity contribution in [2.45, 2.75) is 19.0 Å². The van der Waals surface area contributed by atoms with Crippen LogP contribution in [0.5, 0.6) is 0 Å². The van der Waals surface area contributed by atoms with E-state index in [9.17, 15) is 0 Å². The number of hydrogen-bond donors (Lipinski definition) is 3. The van der Waals surface area contributed by atoms with Crippen molar-refractivity contribution in [3.05, 3.63) is 22.6 Å². The van der Waals surface area contributed by atoms with Gasteiger partial charge in [0.05, 0.1) is 25.3 Å². The molecule has 0 aromatic carbocycles. The lowest BCUT2D eigenvalue weighted by molar-refractivity contribution is 0.101. The topological polar surface area (TPSA) is 65.6 Å². The van der Waals surface area contributed by atoms with E-state index in [4.69, 9.17) is 14.6 Å². The van der Waals surface area contributed by atoms with E-state index in [1.807, 2.05) is 6.07 Å². The molecule has 1 aromatic rings. The third kappa shape index (κ3) is 3.09. The monoisotopic (exact) mass is 263 g/mol. The molecule has 0 unspecified atom stereocenters. The van der Waals surface area contributed by atoms with Gasteiger partial charge in [0.25, 0.3) is 0 Å². The molecule has 0 saturated heterocycles. The maximum Gasteiger partial charge on any atom is 0.169 e.